The normalized spacial score (nSPS) is 10.8. The van der Waals surface area contributed by atoms with Gasteiger partial charge in [0.05, 0.1) is 18.0 Å². The molecule has 0 aliphatic rings. The van der Waals surface area contributed by atoms with Crippen molar-refractivity contribution in [3.63, 3.8) is 0 Å². The third-order valence-corrected chi connectivity index (χ3v) is 3.81. The van der Waals surface area contributed by atoms with Crippen LogP contribution in [-0.4, -0.2) is 67.6 Å². The van der Waals surface area contributed by atoms with Crippen LogP contribution in [0.4, 0.5) is 0 Å². The Morgan fingerprint density at radius 1 is 1.04 bits per heavy atom. The fraction of sp³-hybridized carbons (Fsp3) is 0.308. The fourth-order valence-corrected chi connectivity index (χ4v) is 2.34. The Bertz CT molecular complexity index is 706. The van der Waals surface area contributed by atoms with E-state index in [0.29, 0.717) is 0 Å². The molecule has 12 heteroatoms. The van der Waals surface area contributed by atoms with Gasteiger partial charge in [-0.3, -0.25) is 19.3 Å². The Morgan fingerprint density at radius 3 is 1.92 bits per heavy atom. The number of carbonyl (C=O) groups excluding carboxylic acids is 1. The number of carbonyl (C=O) groups is 3. The number of nitrogens with two attached hydrogens (primary N) is 1. The summed E-state index contributed by atoms with van der Waals surface area (Å²) >= 11 is 0. The summed E-state index contributed by atoms with van der Waals surface area (Å²) in [5.74, 6) is -2.87. The molecule has 0 saturated heterocycles. The molecular weight excluding hydrogens is 406 g/mol. The van der Waals surface area contributed by atoms with Crippen LogP contribution in [0.25, 0.3) is 0 Å². The summed E-state index contributed by atoms with van der Waals surface area (Å²) in [6, 6.07) is 4.93. The van der Waals surface area contributed by atoms with Crippen molar-refractivity contribution in [2.75, 3.05) is 26.2 Å². The van der Waals surface area contributed by atoms with Gasteiger partial charge in [-0.1, -0.05) is 0 Å². The van der Waals surface area contributed by atoms with E-state index in [0.717, 1.165) is 4.90 Å². The van der Waals surface area contributed by atoms with Crippen molar-refractivity contribution in [2.24, 2.45) is 5.14 Å². The molecule has 5 N–H and O–H groups in total. The largest absolute Gasteiger partial charge is 0.480 e. The number of nitrogens with zero attached hydrogens (tertiary/aromatic N) is 1. The summed E-state index contributed by atoms with van der Waals surface area (Å²) < 4.78 is 22.2. The number of hydrogen-bond acceptors (Lipinski definition) is 6. The van der Waals surface area contributed by atoms with Gasteiger partial charge in [0.15, 0.2) is 0 Å². The van der Waals surface area contributed by atoms with Crippen molar-refractivity contribution in [3.8, 4) is 0 Å². The predicted octanol–water partition coefficient (Wildman–Crippen LogP) is -1.47. The van der Waals surface area contributed by atoms with Gasteiger partial charge in [0.25, 0.3) is 5.91 Å². The van der Waals surface area contributed by atoms with Crippen LogP contribution in [0.15, 0.2) is 29.2 Å². The number of carboxylic acids is 2. The maximum absolute atomic E-state index is 11.9. The van der Waals surface area contributed by atoms with Crippen molar-refractivity contribution in [1.29, 1.82) is 0 Å². The number of sulfonamides is 1. The average Bonchev–Trinajstić information content (AvgIpc) is 2.45. The van der Waals surface area contributed by atoms with E-state index in [1.807, 2.05) is 0 Å². The van der Waals surface area contributed by atoms with Crippen LogP contribution in [0.3, 0.4) is 0 Å². The molecule has 0 unspecified atom stereocenters. The zero-order chi connectivity index (χ0) is 18.3. The van der Waals surface area contributed by atoms with Crippen molar-refractivity contribution < 1.29 is 50.1 Å². The molecule has 25 heavy (non-hydrogen) atoms. The third kappa shape index (κ3) is 8.61. The molecule has 1 radical (unpaired) electrons. The number of hydrogen-bond donors (Lipinski definition) is 4. The molecule has 0 fully saturated rings. The number of nitrogens with one attached hydrogen (secondary N) is 1. The van der Waals surface area contributed by atoms with Gasteiger partial charge in [-0.05, 0) is 24.3 Å². The first-order chi connectivity index (χ1) is 11.1. The van der Waals surface area contributed by atoms with Gasteiger partial charge < -0.3 is 15.5 Å². The van der Waals surface area contributed by atoms with E-state index in [1.165, 1.54) is 24.3 Å². The zero-order valence-corrected chi connectivity index (χ0v) is 14.6. The maximum atomic E-state index is 11.9. The summed E-state index contributed by atoms with van der Waals surface area (Å²) in [7, 11) is -3.85. The topological polar surface area (TPSA) is 167 Å². The molecule has 0 aliphatic heterocycles. The average molecular weight is 423 g/mol. The Hall–Kier alpha value is -1.98. The van der Waals surface area contributed by atoms with Crippen LogP contribution in [0, 0.1) is 0 Å². The molecule has 1 aromatic rings. The van der Waals surface area contributed by atoms with Crippen LogP contribution < -0.4 is 10.5 Å². The fourth-order valence-electron chi connectivity index (χ4n) is 1.82. The molecular formula is C13H17CuN3O7S. The van der Waals surface area contributed by atoms with E-state index in [9.17, 15) is 22.8 Å². The smallest absolute Gasteiger partial charge is 0.317 e. The summed E-state index contributed by atoms with van der Waals surface area (Å²) in [5.41, 5.74) is 0.186. The molecule has 0 atom stereocenters. The van der Waals surface area contributed by atoms with E-state index < -0.39 is 41.0 Å². The minimum absolute atomic E-state index is 0. The molecule has 10 nitrogen and oxygen atoms in total. The van der Waals surface area contributed by atoms with Crippen molar-refractivity contribution >= 4 is 27.9 Å². The standard InChI is InChI=1S/C13H17N3O7S.Cu/c14-24(22,23)10-3-1-9(2-4-10)13(21)15-5-6-16(7-11(17)18)8-12(19)20;/h1-4H,5-8H2,(H,15,21)(H,17,18)(H,19,20)(H2,14,22,23);. The van der Waals surface area contributed by atoms with Crippen molar-refractivity contribution in [1.82, 2.24) is 10.2 Å². The van der Waals surface area contributed by atoms with Gasteiger partial charge in [0, 0.05) is 35.7 Å². The second-order valence-corrected chi connectivity index (χ2v) is 6.38. The van der Waals surface area contributed by atoms with Crippen molar-refractivity contribution in [3.05, 3.63) is 29.8 Å². The van der Waals surface area contributed by atoms with Crippen LogP contribution in [-0.2, 0) is 36.7 Å². The minimum Gasteiger partial charge on any atom is -0.480 e. The van der Waals surface area contributed by atoms with Crippen LogP contribution in [0.2, 0.25) is 0 Å². The molecule has 1 rings (SSSR count). The monoisotopic (exact) mass is 422 g/mol. The summed E-state index contributed by atoms with van der Waals surface area (Å²) in [4.78, 5) is 34.2. The van der Waals surface area contributed by atoms with Crippen LogP contribution >= 0.6 is 0 Å². The number of aliphatic carboxylic acids is 2. The van der Waals surface area contributed by atoms with Crippen molar-refractivity contribution in [2.45, 2.75) is 4.90 Å². The summed E-state index contributed by atoms with van der Waals surface area (Å²) in [6.07, 6.45) is 0. The van der Waals surface area contributed by atoms with Gasteiger partial charge in [0.2, 0.25) is 10.0 Å². The number of benzene rings is 1. The first kappa shape index (κ1) is 23.0. The van der Waals surface area contributed by atoms with E-state index in [4.69, 9.17) is 15.4 Å². The summed E-state index contributed by atoms with van der Waals surface area (Å²) in [6.45, 7) is -0.883. The van der Waals surface area contributed by atoms with Gasteiger partial charge >= 0.3 is 11.9 Å². The SMILES string of the molecule is NS(=O)(=O)c1ccc(C(=O)NCCN(CC(=O)O)CC(=O)O)cc1.[Cu]. The second-order valence-electron chi connectivity index (χ2n) is 4.82. The zero-order valence-electron chi connectivity index (χ0n) is 12.8. The Balaban J connectivity index is 0.00000576. The number of carboxylic acid groups (broad SMARTS) is 2. The second kappa shape index (κ2) is 10.1. The molecule has 0 spiro atoms. The summed E-state index contributed by atoms with van der Waals surface area (Å²) in [5, 5.41) is 24.8. The molecule has 1 amide bonds. The van der Waals surface area contributed by atoms with E-state index in [-0.39, 0.29) is 40.6 Å². The predicted molar refractivity (Wildman–Crippen MR) is 81.9 cm³/mol. The molecule has 0 heterocycles. The Morgan fingerprint density at radius 2 is 1.52 bits per heavy atom. The third-order valence-electron chi connectivity index (χ3n) is 2.88. The van der Waals surface area contributed by atoms with Gasteiger partial charge in [0.1, 0.15) is 0 Å². The first-order valence-corrected chi connectivity index (χ1v) is 8.21. The van der Waals surface area contributed by atoms with Gasteiger partial charge in [-0.25, -0.2) is 13.6 Å². The number of amides is 1. The van der Waals surface area contributed by atoms with Crippen LogP contribution in [0.1, 0.15) is 10.4 Å². The number of primary sulfonamides is 1. The van der Waals surface area contributed by atoms with E-state index in [1.54, 1.807) is 0 Å². The Labute approximate surface area is 154 Å². The number of rotatable bonds is 9. The molecule has 0 saturated carbocycles. The molecule has 0 aromatic heterocycles. The molecule has 0 aliphatic carbocycles. The maximum Gasteiger partial charge on any atom is 0.317 e. The Kier molecular flexibility index (Phi) is 9.31. The van der Waals surface area contributed by atoms with Gasteiger partial charge in [-0.2, -0.15) is 0 Å². The molecule has 143 valence electrons. The quantitative estimate of drug-likeness (QED) is 0.350. The molecule has 1 aromatic carbocycles. The first-order valence-electron chi connectivity index (χ1n) is 6.66. The van der Waals surface area contributed by atoms with E-state index in [2.05, 4.69) is 5.32 Å². The van der Waals surface area contributed by atoms with Gasteiger partial charge in [-0.15, -0.1) is 0 Å². The molecule has 0 bridgehead atoms. The van der Waals surface area contributed by atoms with Crippen LogP contribution in [0.5, 0.6) is 0 Å². The van der Waals surface area contributed by atoms with E-state index >= 15 is 0 Å². The minimum atomic E-state index is -3.85.